The average Bonchev–Trinajstić information content (AvgIpc) is 2.25. The largest absolute Gasteiger partial charge is 0.324 e. The molecule has 0 aromatic carbocycles. The molecule has 7 aliphatic carbocycles. The zero-order chi connectivity index (χ0) is 11.6. The summed E-state index contributed by atoms with van der Waals surface area (Å²) < 4.78 is 0. The predicted octanol–water partition coefficient (Wildman–Crippen LogP) is 3.19. The molecule has 0 saturated heterocycles. The van der Waals surface area contributed by atoms with Crippen molar-refractivity contribution in [1.82, 2.24) is 0 Å². The Morgan fingerprint density at radius 1 is 0.882 bits per heavy atom. The van der Waals surface area contributed by atoms with Gasteiger partial charge in [-0.05, 0) is 78.9 Å². The van der Waals surface area contributed by atoms with Crippen LogP contribution in [0.4, 0.5) is 0 Å². The van der Waals surface area contributed by atoms with E-state index in [4.69, 9.17) is 5.73 Å². The molecule has 7 saturated carbocycles. The van der Waals surface area contributed by atoms with Crippen LogP contribution in [0.15, 0.2) is 0 Å². The smallest absolute Gasteiger partial charge is 0.0248 e. The summed E-state index contributed by atoms with van der Waals surface area (Å²) in [6, 6.07) is 0. The predicted molar refractivity (Wildman–Crippen MR) is 68.3 cm³/mol. The van der Waals surface area contributed by atoms with Crippen LogP contribution in [0.25, 0.3) is 0 Å². The minimum absolute atomic E-state index is 0.223. The van der Waals surface area contributed by atoms with Gasteiger partial charge in [0.15, 0.2) is 0 Å². The van der Waals surface area contributed by atoms with Crippen molar-refractivity contribution in [1.29, 1.82) is 0 Å². The van der Waals surface area contributed by atoms with Gasteiger partial charge in [-0.25, -0.2) is 0 Å². The van der Waals surface area contributed by atoms with Crippen molar-refractivity contribution in [2.45, 2.75) is 57.9 Å². The molecule has 17 heavy (non-hydrogen) atoms. The highest BCUT2D eigenvalue weighted by atomic mass is 14.9. The average molecular weight is 231 g/mol. The van der Waals surface area contributed by atoms with Crippen LogP contribution in [-0.4, -0.2) is 5.54 Å². The third kappa shape index (κ3) is 0.760. The lowest BCUT2D eigenvalue weighted by molar-refractivity contribution is -0.296. The Kier molecular flexibility index (Phi) is 1.36. The van der Waals surface area contributed by atoms with E-state index in [1.807, 2.05) is 0 Å². The summed E-state index contributed by atoms with van der Waals surface area (Å²) in [6.07, 6.45) is 8.88. The van der Waals surface area contributed by atoms with Crippen LogP contribution < -0.4 is 5.73 Å². The first kappa shape index (κ1) is 9.83. The van der Waals surface area contributed by atoms with Gasteiger partial charge in [0, 0.05) is 5.54 Å². The number of rotatable bonds is 0. The van der Waals surface area contributed by atoms with Gasteiger partial charge in [-0.15, -0.1) is 0 Å². The van der Waals surface area contributed by atoms with Gasteiger partial charge in [-0.1, -0.05) is 13.8 Å². The molecule has 8 atom stereocenters. The minimum Gasteiger partial charge on any atom is -0.324 e. The van der Waals surface area contributed by atoms with E-state index in [2.05, 4.69) is 13.8 Å². The highest BCUT2D eigenvalue weighted by molar-refractivity contribution is 5.28. The second-order valence-electron chi connectivity index (χ2n) is 8.78. The molecule has 1 nitrogen and oxygen atoms in total. The van der Waals surface area contributed by atoms with E-state index < -0.39 is 0 Å². The molecule has 7 fully saturated rings. The number of hydrogen-bond donors (Lipinski definition) is 1. The summed E-state index contributed by atoms with van der Waals surface area (Å²) in [5.41, 5.74) is 8.45. The summed E-state index contributed by atoms with van der Waals surface area (Å²) in [4.78, 5) is 0. The van der Waals surface area contributed by atoms with Gasteiger partial charge >= 0.3 is 0 Å². The zero-order valence-corrected chi connectivity index (χ0v) is 11.2. The van der Waals surface area contributed by atoms with E-state index in [9.17, 15) is 0 Å². The van der Waals surface area contributed by atoms with Crippen LogP contribution in [0.3, 0.4) is 0 Å². The molecule has 0 spiro atoms. The van der Waals surface area contributed by atoms with Crippen LogP contribution in [0.1, 0.15) is 52.4 Å². The summed E-state index contributed by atoms with van der Waals surface area (Å²) in [6.45, 7) is 5.19. The number of hydrogen-bond acceptors (Lipinski definition) is 1. The van der Waals surface area contributed by atoms with Gasteiger partial charge in [0.25, 0.3) is 0 Å². The van der Waals surface area contributed by atoms with Crippen molar-refractivity contribution < 1.29 is 0 Å². The second-order valence-corrected chi connectivity index (χ2v) is 8.78. The van der Waals surface area contributed by atoms with Gasteiger partial charge in [0.1, 0.15) is 0 Å². The van der Waals surface area contributed by atoms with E-state index in [0.29, 0.717) is 10.8 Å². The molecule has 8 bridgehead atoms. The first-order valence-electron chi connectivity index (χ1n) is 7.76. The highest BCUT2D eigenvalue weighted by Gasteiger charge is 2.76. The summed E-state index contributed by atoms with van der Waals surface area (Å²) in [7, 11) is 0. The van der Waals surface area contributed by atoms with Gasteiger partial charge in [-0.2, -0.15) is 0 Å². The fraction of sp³-hybridized carbons (Fsp3) is 1.00. The SMILES string of the molecule is CC12CC3CC4C1CC1CC2C(N)(C3)C4(C)C1. The fourth-order valence-electron chi connectivity index (χ4n) is 8.09. The zero-order valence-electron chi connectivity index (χ0n) is 11.2. The molecule has 8 unspecified atom stereocenters. The van der Waals surface area contributed by atoms with Crippen LogP contribution in [0.2, 0.25) is 0 Å². The summed E-state index contributed by atoms with van der Waals surface area (Å²) >= 11 is 0. The number of nitrogens with two attached hydrogens (primary N) is 1. The maximum atomic E-state index is 7.07. The van der Waals surface area contributed by atoms with Crippen molar-refractivity contribution in [3.05, 3.63) is 0 Å². The molecular formula is C16H25N. The molecular weight excluding hydrogens is 206 g/mol. The lowest BCUT2D eigenvalue weighted by Gasteiger charge is -2.81. The second kappa shape index (κ2) is 2.35. The maximum Gasteiger partial charge on any atom is 0.0248 e. The van der Waals surface area contributed by atoms with Crippen molar-refractivity contribution in [3.63, 3.8) is 0 Å². The van der Waals surface area contributed by atoms with Gasteiger partial charge in [0.2, 0.25) is 0 Å². The molecule has 94 valence electrons. The van der Waals surface area contributed by atoms with Crippen molar-refractivity contribution in [2.75, 3.05) is 0 Å². The van der Waals surface area contributed by atoms with Crippen LogP contribution in [0.5, 0.6) is 0 Å². The van der Waals surface area contributed by atoms with Gasteiger partial charge < -0.3 is 5.73 Å². The Morgan fingerprint density at radius 3 is 2.47 bits per heavy atom. The molecule has 0 aliphatic heterocycles. The highest BCUT2D eigenvalue weighted by Crippen LogP contribution is 2.80. The molecule has 0 aromatic rings. The quantitative estimate of drug-likeness (QED) is 0.681. The topological polar surface area (TPSA) is 26.0 Å². The standard InChI is InChI=1S/C16H25N/c1-14-6-10-4-12-11(14)3-9-5-13(14)16(17,8-10)15(12,2)7-9/h9-13H,3-8,17H2,1-2H3. The van der Waals surface area contributed by atoms with E-state index >= 15 is 0 Å². The Morgan fingerprint density at radius 2 is 1.65 bits per heavy atom. The Bertz CT molecular complexity index is 418. The van der Waals surface area contributed by atoms with E-state index in [0.717, 1.165) is 29.6 Å². The molecule has 0 aromatic heterocycles. The Balaban J connectivity index is 1.80. The van der Waals surface area contributed by atoms with E-state index in [1.165, 1.54) is 32.1 Å². The van der Waals surface area contributed by atoms with Gasteiger partial charge in [0.05, 0.1) is 0 Å². The fourth-order valence-corrected chi connectivity index (χ4v) is 8.09. The molecule has 7 rings (SSSR count). The Hall–Kier alpha value is -0.0400. The molecule has 2 N–H and O–H groups in total. The molecule has 0 amide bonds. The van der Waals surface area contributed by atoms with Crippen molar-refractivity contribution >= 4 is 0 Å². The normalized spacial score (nSPS) is 74.6. The first-order valence-corrected chi connectivity index (χ1v) is 7.76. The van der Waals surface area contributed by atoms with Crippen LogP contribution in [0, 0.1) is 40.4 Å². The molecule has 0 heterocycles. The third-order valence-corrected chi connectivity index (χ3v) is 8.44. The molecule has 7 aliphatic rings. The van der Waals surface area contributed by atoms with Crippen molar-refractivity contribution in [2.24, 2.45) is 46.2 Å². The third-order valence-electron chi connectivity index (χ3n) is 8.44. The monoisotopic (exact) mass is 231 g/mol. The maximum absolute atomic E-state index is 7.07. The summed E-state index contributed by atoms with van der Waals surface area (Å²) in [5, 5.41) is 0. The van der Waals surface area contributed by atoms with Crippen LogP contribution >= 0.6 is 0 Å². The van der Waals surface area contributed by atoms with E-state index in [-0.39, 0.29) is 5.54 Å². The summed E-state index contributed by atoms with van der Waals surface area (Å²) in [5.74, 6) is 4.90. The molecule has 1 heteroatoms. The Labute approximate surface area is 105 Å². The van der Waals surface area contributed by atoms with Crippen LogP contribution in [-0.2, 0) is 0 Å². The van der Waals surface area contributed by atoms with E-state index in [1.54, 1.807) is 6.42 Å². The first-order chi connectivity index (χ1) is 7.97. The minimum atomic E-state index is 0.223. The lowest BCUT2D eigenvalue weighted by Crippen LogP contribution is -2.81. The molecule has 0 radical (unpaired) electrons. The van der Waals surface area contributed by atoms with Crippen molar-refractivity contribution in [3.8, 4) is 0 Å². The lowest BCUT2D eigenvalue weighted by atomic mass is 9.25. The van der Waals surface area contributed by atoms with Gasteiger partial charge in [-0.3, -0.25) is 0 Å².